The fraction of sp³-hybridized carbons (Fsp3) is 0.462. The van der Waals surface area contributed by atoms with Gasteiger partial charge in [0, 0.05) is 24.9 Å². The van der Waals surface area contributed by atoms with Crippen LogP contribution in [0.5, 0.6) is 0 Å². The van der Waals surface area contributed by atoms with Gasteiger partial charge in [-0.15, -0.1) is 12.4 Å². The minimum Gasteiger partial charge on any atom is -0.355 e. The molecular weight excluding hydrogens is 255 g/mol. The third-order valence-corrected chi connectivity index (χ3v) is 2.72. The van der Waals surface area contributed by atoms with Crippen LogP contribution in [0.1, 0.15) is 25.8 Å². The molecule has 0 radical (unpaired) electrons. The Kier molecular flexibility index (Phi) is 6.88. The van der Waals surface area contributed by atoms with Crippen LogP contribution in [0.4, 0.5) is 4.39 Å². The predicted molar refractivity (Wildman–Crippen MR) is 73.4 cm³/mol. The molecule has 0 spiro atoms. The molecular formula is C13H20ClFN2O. The largest absolute Gasteiger partial charge is 0.355 e. The highest BCUT2D eigenvalue weighted by Gasteiger charge is 2.21. The van der Waals surface area contributed by atoms with E-state index in [0.717, 1.165) is 5.56 Å². The minimum absolute atomic E-state index is 0. The molecule has 102 valence electrons. The summed E-state index contributed by atoms with van der Waals surface area (Å²) < 4.78 is 12.8. The van der Waals surface area contributed by atoms with Crippen molar-refractivity contribution in [3.05, 3.63) is 35.6 Å². The summed E-state index contributed by atoms with van der Waals surface area (Å²) in [5.41, 5.74) is 6.06. The lowest BCUT2D eigenvalue weighted by Gasteiger charge is -2.25. The second kappa shape index (κ2) is 7.34. The van der Waals surface area contributed by atoms with E-state index >= 15 is 0 Å². The Morgan fingerprint density at radius 1 is 1.33 bits per heavy atom. The van der Waals surface area contributed by atoms with Gasteiger partial charge in [-0.2, -0.15) is 0 Å². The molecule has 0 bridgehead atoms. The topological polar surface area (TPSA) is 55.1 Å². The Balaban J connectivity index is 0.00000289. The molecule has 0 unspecified atom stereocenters. The molecule has 0 saturated carbocycles. The van der Waals surface area contributed by atoms with Crippen molar-refractivity contribution in [1.29, 1.82) is 0 Å². The van der Waals surface area contributed by atoms with E-state index < -0.39 is 0 Å². The van der Waals surface area contributed by atoms with E-state index in [4.69, 9.17) is 5.73 Å². The number of hydrogen-bond donors (Lipinski definition) is 2. The first kappa shape index (κ1) is 16.9. The third kappa shape index (κ3) is 5.02. The average molecular weight is 275 g/mol. The number of carbonyl (C=O) groups is 1. The summed E-state index contributed by atoms with van der Waals surface area (Å²) in [6.45, 7) is 4.87. The van der Waals surface area contributed by atoms with Crippen molar-refractivity contribution < 1.29 is 9.18 Å². The summed E-state index contributed by atoms with van der Waals surface area (Å²) in [4.78, 5) is 11.3. The molecule has 18 heavy (non-hydrogen) atoms. The summed E-state index contributed by atoms with van der Waals surface area (Å²) >= 11 is 0. The number of hydrogen-bond acceptors (Lipinski definition) is 2. The van der Waals surface area contributed by atoms with E-state index in [1.165, 1.54) is 12.1 Å². The standard InChI is InChI=1S/C13H19FN2O.ClH/c1-13(2,9-16-12(17)7-8-15)10-3-5-11(14)6-4-10;/h3-6H,7-9,15H2,1-2H3,(H,16,17);1H. The minimum atomic E-state index is -0.253. The molecule has 0 aliphatic carbocycles. The predicted octanol–water partition coefficient (Wildman–Crippen LogP) is 1.99. The first-order chi connectivity index (χ1) is 7.95. The highest BCUT2D eigenvalue weighted by Crippen LogP contribution is 2.22. The second-order valence-corrected chi connectivity index (χ2v) is 4.71. The van der Waals surface area contributed by atoms with E-state index in [9.17, 15) is 9.18 Å². The lowest BCUT2D eigenvalue weighted by molar-refractivity contribution is -0.121. The molecule has 5 heteroatoms. The average Bonchev–Trinajstić information content (AvgIpc) is 2.28. The van der Waals surface area contributed by atoms with Gasteiger partial charge in [-0.3, -0.25) is 4.79 Å². The van der Waals surface area contributed by atoms with Gasteiger partial charge in [0.25, 0.3) is 0 Å². The van der Waals surface area contributed by atoms with E-state index in [2.05, 4.69) is 5.32 Å². The highest BCUT2D eigenvalue weighted by molar-refractivity contribution is 5.85. The van der Waals surface area contributed by atoms with Gasteiger partial charge in [0.15, 0.2) is 0 Å². The fourth-order valence-corrected chi connectivity index (χ4v) is 1.54. The van der Waals surface area contributed by atoms with Crippen molar-refractivity contribution in [3.63, 3.8) is 0 Å². The molecule has 1 amide bonds. The smallest absolute Gasteiger partial charge is 0.221 e. The lowest BCUT2D eigenvalue weighted by atomic mass is 9.84. The van der Waals surface area contributed by atoms with Gasteiger partial charge in [-0.25, -0.2) is 4.39 Å². The molecule has 0 aromatic heterocycles. The number of nitrogens with one attached hydrogen (secondary N) is 1. The van der Waals surface area contributed by atoms with Gasteiger partial charge in [0.05, 0.1) is 0 Å². The van der Waals surface area contributed by atoms with E-state index in [-0.39, 0.29) is 29.5 Å². The zero-order chi connectivity index (χ0) is 12.9. The van der Waals surface area contributed by atoms with Gasteiger partial charge in [-0.05, 0) is 17.7 Å². The van der Waals surface area contributed by atoms with Crippen LogP contribution in [-0.4, -0.2) is 19.0 Å². The zero-order valence-corrected chi connectivity index (χ0v) is 11.5. The van der Waals surface area contributed by atoms with Crippen LogP contribution in [0.2, 0.25) is 0 Å². The molecule has 3 N–H and O–H groups in total. The van der Waals surface area contributed by atoms with Gasteiger partial charge >= 0.3 is 0 Å². The van der Waals surface area contributed by atoms with Gasteiger partial charge < -0.3 is 11.1 Å². The van der Waals surface area contributed by atoms with Crippen molar-refractivity contribution in [1.82, 2.24) is 5.32 Å². The molecule has 0 atom stereocenters. The Morgan fingerprint density at radius 3 is 2.39 bits per heavy atom. The Hall–Kier alpha value is -1.13. The molecule has 1 aromatic rings. The molecule has 1 rings (SSSR count). The van der Waals surface area contributed by atoms with Crippen LogP contribution in [0, 0.1) is 5.82 Å². The summed E-state index contributed by atoms with van der Waals surface area (Å²) in [7, 11) is 0. The summed E-state index contributed by atoms with van der Waals surface area (Å²) in [5.74, 6) is -0.306. The highest BCUT2D eigenvalue weighted by atomic mass is 35.5. The maximum atomic E-state index is 12.8. The monoisotopic (exact) mass is 274 g/mol. The number of rotatable bonds is 5. The zero-order valence-electron chi connectivity index (χ0n) is 10.7. The van der Waals surface area contributed by atoms with Gasteiger partial charge in [-0.1, -0.05) is 26.0 Å². The van der Waals surface area contributed by atoms with E-state index in [1.807, 2.05) is 13.8 Å². The van der Waals surface area contributed by atoms with Crippen LogP contribution >= 0.6 is 12.4 Å². The van der Waals surface area contributed by atoms with Crippen molar-refractivity contribution >= 4 is 18.3 Å². The van der Waals surface area contributed by atoms with Crippen molar-refractivity contribution in [2.24, 2.45) is 5.73 Å². The SMILES string of the molecule is CC(C)(CNC(=O)CCN)c1ccc(F)cc1.Cl. The molecule has 0 fully saturated rings. The van der Waals surface area contributed by atoms with Crippen LogP contribution in [0.15, 0.2) is 24.3 Å². The molecule has 0 aliphatic heterocycles. The first-order valence-corrected chi connectivity index (χ1v) is 5.68. The van der Waals surface area contributed by atoms with Gasteiger partial charge in [0.1, 0.15) is 5.82 Å². The molecule has 3 nitrogen and oxygen atoms in total. The Labute approximate surface area is 113 Å². The van der Waals surface area contributed by atoms with E-state index in [0.29, 0.717) is 19.5 Å². The summed E-state index contributed by atoms with van der Waals surface area (Å²) in [6.07, 6.45) is 0.333. The lowest BCUT2D eigenvalue weighted by Crippen LogP contribution is -2.37. The van der Waals surface area contributed by atoms with Crippen LogP contribution < -0.4 is 11.1 Å². The molecule has 0 saturated heterocycles. The van der Waals surface area contributed by atoms with Gasteiger partial charge in [0.2, 0.25) is 5.91 Å². The van der Waals surface area contributed by atoms with Crippen molar-refractivity contribution in [2.75, 3.05) is 13.1 Å². The summed E-state index contributed by atoms with van der Waals surface area (Å²) in [6, 6.07) is 6.34. The first-order valence-electron chi connectivity index (χ1n) is 5.68. The quantitative estimate of drug-likeness (QED) is 0.863. The number of amides is 1. The van der Waals surface area contributed by atoms with Crippen LogP contribution in [-0.2, 0) is 10.2 Å². The van der Waals surface area contributed by atoms with Crippen LogP contribution in [0.3, 0.4) is 0 Å². The third-order valence-electron chi connectivity index (χ3n) is 2.72. The maximum absolute atomic E-state index is 12.8. The molecule has 0 aliphatic rings. The number of halogens is 2. The molecule has 0 heterocycles. The Morgan fingerprint density at radius 2 is 1.89 bits per heavy atom. The molecule has 1 aromatic carbocycles. The van der Waals surface area contributed by atoms with Crippen LogP contribution in [0.25, 0.3) is 0 Å². The van der Waals surface area contributed by atoms with Crippen molar-refractivity contribution in [2.45, 2.75) is 25.7 Å². The Bertz CT molecular complexity index is 379. The fourth-order valence-electron chi connectivity index (χ4n) is 1.54. The maximum Gasteiger partial charge on any atom is 0.221 e. The number of nitrogens with two attached hydrogens (primary N) is 1. The van der Waals surface area contributed by atoms with Crippen molar-refractivity contribution in [3.8, 4) is 0 Å². The number of benzene rings is 1. The van der Waals surface area contributed by atoms with E-state index in [1.54, 1.807) is 12.1 Å². The summed E-state index contributed by atoms with van der Waals surface area (Å²) in [5, 5.41) is 2.82. The second-order valence-electron chi connectivity index (χ2n) is 4.71. The normalized spacial score (nSPS) is 10.7. The number of carbonyl (C=O) groups excluding carboxylic acids is 1.